The van der Waals surface area contributed by atoms with E-state index in [-0.39, 0.29) is 18.2 Å². The Morgan fingerprint density at radius 1 is 1.23 bits per heavy atom. The number of morpholine rings is 1. The lowest BCUT2D eigenvalue weighted by Crippen LogP contribution is -2.56. The van der Waals surface area contributed by atoms with Crippen LogP contribution in [0.4, 0.5) is 4.79 Å². The van der Waals surface area contributed by atoms with Gasteiger partial charge in [0.25, 0.3) is 0 Å². The van der Waals surface area contributed by atoms with Gasteiger partial charge in [0, 0.05) is 6.54 Å². The van der Waals surface area contributed by atoms with Crippen LogP contribution in [0.5, 0.6) is 0 Å². The first-order chi connectivity index (χ1) is 12.7. The van der Waals surface area contributed by atoms with Gasteiger partial charge in [0.05, 0.1) is 25.3 Å². The molecule has 2 heterocycles. The van der Waals surface area contributed by atoms with Gasteiger partial charge in [-0.3, -0.25) is 4.90 Å². The predicted molar refractivity (Wildman–Crippen MR) is 102 cm³/mol. The molecular formula is C21H30N2O3. The zero-order chi connectivity index (χ0) is 18.4. The van der Waals surface area contributed by atoms with E-state index in [2.05, 4.69) is 24.8 Å². The van der Waals surface area contributed by atoms with Crippen LogP contribution in [0.25, 0.3) is 0 Å². The summed E-state index contributed by atoms with van der Waals surface area (Å²) in [5, 5.41) is 0. The third-order valence-electron chi connectivity index (χ3n) is 5.33. The van der Waals surface area contributed by atoms with Gasteiger partial charge in [0.15, 0.2) is 0 Å². The normalized spacial score (nSPS) is 22.3. The summed E-state index contributed by atoms with van der Waals surface area (Å²) >= 11 is 0. The molecule has 1 aromatic carbocycles. The Labute approximate surface area is 156 Å². The van der Waals surface area contributed by atoms with Crippen LogP contribution >= 0.6 is 0 Å². The Morgan fingerprint density at radius 3 is 2.69 bits per heavy atom. The average Bonchev–Trinajstić information content (AvgIpc) is 2.67. The van der Waals surface area contributed by atoms with E-state index in [1.807, 2.05) is 35.2 Å². The molecule has 1 aromatic rings. The number of amides is 1. The number of hydrogen-bond donors (Lipinski definition) is 0. The second kappa shape index (κ2) is 9.19. The Bertz CT molecular complexity index is 613. The number of hydrogen-bond acceptors (Lipinski definition) is 4. The quantitative estimate of drug-likeness (QED) is 0.700. The van der Waals surface area contributed by atoms with Crippen molar-refractivity contribution in [3.8, 4) is 0 Å². The lowest BCUT2D eigenvalue weighted by atomic mass is 9.92. The molecule has 0 radical (unpaired) electrons. The minimum absolute atomic E-state index is 0.00234. The largest absolute Gasteiger partial charge is 0.445 e. The molecule has 0 aliphatic carbocycles. The van der Waals surface area contributed by atoms with Gasteiger partial charge in [0.2, 0.25) is 0 Å². The molecular weight excluding hydrogens is 328 g/mol. The van der Waals surface area contributed by atoms with E-state index < -0.39 is 0 Å². The van der Waals surface area contributed by atoms with E-state index in [1.165, 1.54) is 5.57 Å². The molecule has 26 heavy (non-hydrogen) atoms. The van der Waals surface area contributed by atoms with Crippen molar-refractivity contribution >= 4 is 6.09 Å². The SMILES string of the molecule is CCN(CC)CCC1=CC2COCC(C1)N2C(=O)OCc1ccccc1. The first-order valence-corrected chi connectivity index (χ1v) is 9.70. The summed E-state index contributed by atoms with van der Waals surface area (Å²) in [4.78, 5) is 17.0. The number of nitrogens with zero attached hydrogens (tertiary/aromatic N) is 2. The van der Waals surface area contributed by atoms with E-state index in [0.717, 1.165) is 38.0 Å². The molecule has 0 aromatic heterocycles. The number of carbonyl (C=O) groups is 1. The Balaban J connectivity index is 1.59. The van der Waals surface area contributed by atoms with Crippen molar-refractivity contribution in [1.29, 1.82) is 0 Å². The van der Waals surface area contributed by atoms with Gasteiger partial charge in [-0.1, -0.05) is 55.8 Å². The van der Waals surface area contributed by atoms with Crippen LogP contribution in [-0.2, 0) is 16.1 Å². The van der Waals surface area contributed by atoms with Gasteiger partial charge in [0.1, 0.15) is 6.61 Å². The van der Waals surface area contributed by atoms with Gasteiger partial charge in [-0.05, 0) is 31.5 Å². The molecule has 142 valence electrons. The van der Waals surface area contributed by atoms with Crippen molar-refractivity contribution < 1.29 is 14.3 Å². The lowest BCUT2D eigenvalue weighted by Gasteiger charge is -2.44. The summed E-state index contributed by atoms with van der Waals surface area (Å²) in [6.07, 6.45) is 3.95. The molecule has 0 saturated carbocycles. The lowest BCUT2D eigenvalue weighted by molar-refractivity contribution is -0.0376. The molecule has 0 N–H and O–H groups in total. The average molecular weight is 358 g/mol. The summed E-state index contributed by atoms with van der Waals surface area (Å²) in [5.41, 5.74) is 2.46. The summed E-state index contributed by atoms with van der Waals surface area (Å²) in [6, 6.07) is 9.90. The summed E-state index contributed by atoms with van der Waals surface area (Å²) in [6.45, 7) is 9.12. The van der Waals surface area contributed by atoms with Gasteiger partial charge in [-0.2, -0.15) is 0 Å². The smallest absolute Gasteiger partial charge is 0.411 e. The second-order valence-corrected chi connectivity index (χ2v) is 7.01. The van der Waals surface area contributed by atoms with Crippen molar-refractivity contribution in [2.75, 3.05) is 32.8 Å². The maximum Gasteiger partial charge on any atom is 0.411 e. The zero-order valence-electron chi connectivity index (χ0n) is 15.9. The number of rotatable bonds is 7. The third kappa shape index (κ3) is 4.65. The highest BCUT2D eigenvalue weighted by Gasteiger charge is 2.38. The molecule has 5 nitrogen and oxygen atoms in total. The van der Waals surface area contributed by atoms with E-state index >= 15 is 0 Å². The van der Waals surface area contributed by atoms with Crippen molar-refractivity contribution in [1.82, 2.24) is 9.80 Å². The summed E-state index contributed by atoms with van der Waals surface area (Å²) < 4.78 is 11.3. The van der Waals surface area contributed by atoms with Crippen LogP contribution < -0.4 is 0 Å². The van der Waals surface area contributed by atoms with Crippen molar-refractivity contribution in [3.63, 3.8) is 0 Å². The molecule has 1 fully saturated rings. The molecule has 5 heteroatoms. The molecule has 1 amide bonds. The maximum absolute atomic E-state index is 12.7. The standard InChI is InChI=1S/C21H30N2O3/c1-3-22(4-2)11-10-18-12-19-15-25-16-20(13-18)23(19)21(24)26-14-17-8-6-5-7-9-17/h5-9,12,19-20H,3-4,10-11,13-16H2,1-2H3. The fourth-order valence-electron chi connectivity index (χ4n) is 3.79. The third-order valence-corrected chi connectivity index (χ3v) is 5.33. The van der Waals surface area contributed by atoms with Crippen LogP contribution in [-0.4, -0.2) is 60.8 Å². The second-order valence-electron chi connectivity index (χ2n) is 7.01. The number of fused-ring (bicyclic) bond motifs is 2. The first-order valence-electron chi connectivity index (χ1n) is 9.70. The summed E-state index contributed by atoms with van der Waals surface area (Å²) in [7, 11) is 0. The molecule has 2 aliphatic heterocycles. The zero-order valence-corrected chi connectivity index (χ0v) is 15.9. The van der Waals surface area contributed by atoms with E-state index in [1.54, 1.807) is 0 Å². The highest BCUT2D eigenvalue weighted by Crippen LogP contribution is 2.29. The van der Waals surface area contributed by atoms with Crippen molar-refractivity contribution in [2.45, 2.75) is 45.4 Å². The predicted octanol–water partition coefficient (Wildman–Crippen LogP) is 3.45. The highest BCUT2D eigenvalue weighted by atomic mass is 16.6. The molecule has 2 bridgehead atoms. The maximum atomic E-state index is 12.7. The monoisotopic (exact) mass is 358 g/mol. The minimum Gasteiger partial charge on any atom is -0.445 e. The summed E-state index contributed by atoms with van der Waals surface area (Å²) in [5.74, 6) is 0. The number of benzene rings is 1. The van der Waals surface area contributed by atoms with Crippen molar-refractivity contribution in [2.24, 2.45) is 0 Å². The van der Waals surface area contributed by atoms with E-state index in [0.29, 0.717) is 19.8 Å². The Hall–Kier alpha value is -1.85. The topological polar surface area (TPSA) is 42.0 Å². The van der Waals surface area contributed by atoms with Crippen LogP contribution in [0, 0.1) is 0 Å². The number of ether oxygens (including phenoxy) is 2. The Kier molecular flexibility index (Phi) is 6.69. The van der Waals surface area contributed by atoms with Gasteiger partial charge in [-0.25, -0.2) is 4.79 Å². The highest BCUT2D eigenvalue weighted by molar-refractivity contribution is 5.69. The molecule has 1 saturated heterocycles. The van der Waals surface area contributed by atoms with Crippen LogP contribution in [0.1, 0.15) is 32.3 Å². The minimum atomic E-state index is -0.230. The first kappa shape index (κ1) is 18.9. The molecule has 2 aliphatic rings. The van der Waals surface area contributed by atoms with Crippen LogP contribution in [0.3, 0.4) is 0 Å². The Morgan fingerprint density at radius 2 is 2.00 bits per heavy atom. The molecule has 3 rings (SSSR count). The molecule has 0 spiro atoms. The van der Waals surface area contributed by atoms with Gasteiger partial charge >= 0.3 is 6.09 Å². The van der Waals surface area contributed by atoms with Crippen molar-refractivity contribution in [3.05, 3.63) is 47.5 Å². The fourth-order valence-corrected chi connectivity index (χ4v) is 3.79. The van der Waals surface area contributed by atoms with Gasteiger partial charge < -0.3 is 14.4 Å². The van der Waals surface area contributed by atoms with Gasteiger partial charge in [-0.15, -0.1) is 0 Å². The number of carbonyl (C=O) groups excluding carboxylic acids is 1. The van der Waals surface area contributed by atoms with E-state index in [9.17, 15) is 4.79 Å². The fraction of sp³-hybridized carbons (Fsp3) is 0.571. The molecule has 2 unspecified atom stereocenters. The van der Waals surface area contributed by atoms with Crippen LogP contribution in [0.2, 0.25) is 0 Å². The van der Waals surface area contributed by atoms with Crippen LogP contribution in [0.15, 0.2) is 42.0 Å². The molecule has 2 atom stereocenters. The van der Waals surface area contributed by atoms with E-state index in [4.69, 9.17) is 9.47 Å².